The van der Waals surface area contributed by atoms with Crippen molar-refractivity contribution in [3.8, 4) is 11.3 Å². The van der Waals surface area contributed by atoms with Crippen molar-refractivity contribution in [2.45, 2.75) is 46.2 Å². The van der Waals surface area contributed by atoms with Gasteiger partial charge in [-0.3, -0.25) is 14.3 Å². The Labute approximate surface area is 197 Å². The molecule has 2 aromatic heterocycles. The Kier molecular flexibility index (Phi) is 5.43. The molecule has 8 heteroatoms. The van der Waals surface area contributed by atoms with E-state index in [1.807, 2.05) is 56.3 Å². The van der Waals surface area contributed by atoms with Gasteiger partial charge in [0.05, 0.1) is 11.4 Å². The molecule has 0 radical (unpaired) electrons. The number of anilines is 1. The van der Waals surface area contributed by atoms with E-state index in [-0.39, 0.29) is 23.3 Å². The number of aryl methyl sites for hydroxylation is 2. The largest absolute Gasteiger partial charge is 0.382 e. The molecule has 2 heterocycles. The zero-order valence-electron chi connectivity index (χ0n) is 19.6. The SMILES string of the molecule is Cc1ccc(C)c(C(=O)NCc2ccc(-c3nn([C@@H](C)C4CC4)c4c(=O)[nH]nc(N)c34)cc2)c1. The summed E-state index contributed by atoms with van der Waals surface area (Å²) < 4.78 is 1.80. The minimum absolute atomic E-state index is 0.0952. The number of benzene rings is 2. The Morgan fingerprint density at radius 3 is 2.65 bits per heavy atom. The number of nitrogens with two attached hydrogens (primary N) is 1. The van der Waals surface area contributed by atoms with E-state index in [1.165, 1.54) is 0 Å². The van der Waals surface area contributed by atoms with Crippen molar-refractivity contribution in [1.29, 1.82) is 0 Å². The number of rotatable bonds is 6. The Morgan fingerprint density at radius 1 is 1.21 bits per heavy atom. The van der Waals surface area contributed by atoms with E-state index in [4.69, 9.17) is 10.8 Å². The van der Waals surface area contributed by atoms with Gasteiger partial charge in [0.2, 0.25) is 0 Å². The van der Waals surface area contributed by atoms with Gasteiger partial charge in [0.15, 0.2) is 5.82 Å². The zero-order chi connectivity index (χ0) is 24.0. The molecule has 1 atom stereocenters. The van der Waals surface area contributed by atoms with Crippen LogP contribution in [0.3, 0.4) is 0 Å². The molecule has 0 spiro atoms. The van der Waals surface area contributed by atoms with Crippen LogP contribution >= 0.6 is 0 Å². The number of hydrogen-bond donors (Lipinski definition) is 3. The van der Waals surface area contributed by atoms with Gasteiger partial charge >= 0.3 is 0 Å². The molecule has 4 N–H and O–H groups in total. The van der Waals surface area contributed by atoms with Crippen molar-refractivity contribution in [1.82, 2.24) is 25.3 Å². The normalized spacial score (nSPS) is 14.3. The minimum atomic E-state index is -0.291. The summed E-state index contributed by atoms with van der Waals surface area (Å²) >= 11 is 0. The van der Waals surface area contributed by atoms with Gasteiger partial charge in [0.1, 0.15) is 11.2 Å². The lowest BCUT2D eigenvalue weighted by Crippen LogP contribution is -2.23. The van der Waals surface area contributed by atoms with E-state index in [1.54, 1.807) is 4.68 Å². The van der Waals surface area contributed by atoms with Crippen molar-refractivity contribution in [3.05, 3.63) is 75.1 Å². The van der Waals surface area contributed by atoms with Gasteiger partial charge in [0.25, 0.3) is 11.5 Å². The molecule has 1 aliphatic carbocycles. The Bertz CT molecular complexity index is 1450. The third-order valence-electron chi connectivity index (χ3n) is 6.67. The number of nitrogen functional groups attached to an aromatic ring is 1. The first-order valence-electron chi connectivity index (χ1n) is 11.5. The third-order valence-corrected chi connectivity index (χ3v) is 6.67. The molecule has 1 amide bonds. The van der Waals surface area contributed by atoms with Gasteiger partial charge in [-0.1, -0.05) is 42.0 Å². The van der Waals surface area contributed by atoms with Crippen LogP contribution in [-0.4, -0.2) is 25.9 Å². The molecule has 174 valence electrons. The molecule has 1 fully saturated rings. The fourth-order valence-corrected chi connectivity index (χ4v) is 4.43. The minimum Gasteiger partial charge on any atom is -0.382 e. The number of H-pyrrole nitrogens is 1. The molecule has 4 aromatic rings. The van der Waals surface area contributed by atoms with Gasteiger partial charge in [0, 0.05) is 17.7 Å². The molecule has 8 nitrogen and oxygen atoms in total. The summed E-state index contributed by atoms with van der Waals surface area (Å²) in [5.41, 5.74) is 11.5. The van der Waals surface area contributed by atoms with E-state index < -0.39 is 0 Å². The summed E-state index contributed by atoms with van der Waals surface area (Å²) in [6.07, 6.45) is 2.28. The van der Waals surface area contributed by atoms with E-state index >= 15 is 0 Å². The molecule has 5 rings (SSSR count). The van der Waals surface area contributed by atoms with Crippen LogP contribution in [-0.2, 0) is 6.54 Å². The highest BCUT2D eigenvalue weighted by molar-refractivity contribution is 5.99. The smallest absolute Gasteiger partial charge is 0.290 e. The van der Waals surface area contributed by atoms with Gasteiger partial charge in [-0.15, -0.1) is 0 Å². The predicted molar refractivity (Wildman–Crippen MR) is 133 cm³/mol. The molecule has 34 heavy (non-hydrogen) atoms. The standard InChI is InChI=1S/C26H28N6O2/c1-14-4-5-15(2)20(12-14)25(33)28-13-17-6-8-19(9-7-17)22-21-23(26(34)30-29-24(21)27)32(31-22)16(3)18-10-11-18/h4-9,12,16,18H,10-11,13H2,1-3H3,(H2,27,29)(H,28,33)(H,30,34)/t16-/m0/s1. The van der Waals surface area contributed by atoms with Crippen molar-refractivity contribution < 1.29 is 4.79 Å². The second-order valence-corrected chi connectivity index (χ2v) is 9.23. The number of nitrogens with zero attached hydrogens (tertiary/aromatic N) is 3. The summed E-state index contributed by atoms with van der Waals surface area (Å²) in [5, 5.41) is 14.8. The lowest BCUT2D eigenvalue weighted by Gasteiger charge is -2.11. The highest BCUT2D eigenvalue weighted by Gasteiger charge is 2.32. The molecule has 1 aliphatic rings. The molecule has 0 aliphatic heterocycles. The van der Waals surface area contributed by atoms with Gasteiger partial charge in [-0.05, 0) is 56.7 Å². The molecule has 0 unspecified atom stereocenters. The van der Waals surface area contributed by atoms with E-state index in [9.17, 15) is 9.59 Å². The Morgan fingerprint density at radius 2 is 1.94 bits per heavy atom. The number of fused-ring (bicyclic) bond motifs is 1. The topological polar surface area (TPSA) is 119 Å². The summed E-state index contributed by atoms with van der Waals surface area (Å²) in [7, 11) is 0. The molecule has 1 saturated carbocycles. The average molecular weight is 457 g/mol. The van der Waals surface area contributed by atoms with Crippen LogP contribution < -0.4 is 16.6 Å². The lowest BCUT2D eigenvalue weighted by atomic mass is 10.0. The number of nitrogens with one attached hydrogen (secondary N) is 2. The number of amides is 1. The molecule has 0 saturated heterocycles. The number of aromatic nitrogens is 4. The maximum Gasteiger partial charge on any atom is 0.290 e. The average Bonchev–Trinajstić information content (AvgIpc) is 3.60. The highest BCUT2D eigenvalue weighted by Crippen LogP contribution is 2.41. The van der Waals surface area contributed by atoms with E-state index in [0.717, 1.165) is 35.1 Å². The first-order chi connectivity index (χ1) is 16.3. The van der Waals surface area contributed by atoms with Crippen LogP contribution in [0, 0.1) is 19.8 Å². The van der Waals surface area contributed by atoms with Crippen LogP contribution in [0.25, 0.3) is 22.2 Å². The molecule has 0 bridgehead atoms. The second-order valence-electron chi connectivity index (χ2n) is 9.23. The van der Waals surface area contributed by atoms with Crippen LogP contribution in [0.4, 0.5) is 5.82 Å². The summed E-state index contributed by atoms with van der Waals surface area (Å²) in [5.74, 6) is 0.679. The van der Waals surface area contributed by atoms with E-state index in [0.29, 0.717) is 34.6 Å². The third kappa shape index (κ3) is 3.96. The summed E-state index contributed by atoms with van der Waals surface area (Å²) in [6, 6.07) is 13.7. The van der Waals surface area contributed by atoms with Gasteiger partial charge < -0.3 is 11.1 Å². The second kappa shape index (κ2) is 8.44. The van der Waals surface area contributed by atoms with Gasteiger partial charge in [-0.25, -0.2) is 5.10 Å². The molecular weight excluding hydrogens is 428 g/mol. The number of carbonyl (C=O) groups is 1. The Hall–Kier alpha value is -3.94. The Balaban J connectivity index is 1.42. The summed E-state index contributed by atoms with van der Waals surface area (Å²) in [6.45, 7) is 6.40. The maximum atomic E-state index is 12.6. The van der Waals surface area contributed by atoms with Crippen molar-refractivity contribution in [3.63, 3.8) is 0 Å². The van der Waals surface area contributed by atoms with Crippen molar-refractivity contribution in [2.75, 3.05) is 5.73 Å². The van der Waals surface area contributed by atoms with Crippen molar-refractivity contribution >= 4 is 22.6 Å². The fourth-order valence-electron chi connectivity index (χ4n) is 4.43. The summed E-state index contributed by atoms with van der Waals surface area (Å²) in [4.78, 5) is 25.3. The molecular formula is C26H28N6O2. The maximum absolute atomic E-state index is 12.6. The van der Waals surface area contributed by atoms with Crippen LogP contribution in [0.1, 0.15) is 52.9 Å². The number of aromatic amines is 1. The van der Waals surface area contributed by atoms with Crippen LogP contribution in [0.2, 0.25) is 0 Å². The van der Waals surface area contributed by atoms with Crippen LogP contribution in [0.15, 0.2) is 47.3 Å². The van der Waals surface area contributed by atoms with Gasteiger partial charge in [-0.2, -0.15) is 10.2 Å². The number of carbonyl (C=O) groups excluding carboxylic acids is 1. The first-order valence-corrected chi connectivity index (χ1v) is 11.5. The molecule has 2 aromatic carbocycles. The monoisotopic (exact) mass is 456 g/mol. The van der Waals surface area contributed by atoms with E-state index in [2.05, 4.69) is 22.4 Å². The quantitative estimate of drug-likeness (QED) is 0.407. The van der Waals surface area contributed by atoms with Crippen LogP contribution in [0.5, 0.6) is 0 Å². The van der Waals surface area contributed by atoms with Crippen molar-refractivity contribution in [2.24, 2.45) is 5.92 Å². The predicted octanol–water partition coefficient (Wildman–Crippen LogP) is 3.89. The number of hydrogen-bond acceptors (Lipinski definition) is 5. The first kappa shape index (κ1) is 21.9. The fraction of sp³-hybridized carbons (Fsp3) is 0.308. The lowest BCUT2D eigenvalue weighted by molar-refractivity contribution is 0.0950. The zero-order valence-corrected chi connectivity index (χ0v) is 19.6. The highest BCUT2D eigenvalue weighted by atomic mass is 16.1.